The summed E-state index contributed by atoms with van der Waals surface area (Å²) in [6.45, 7) is 13.6. The third-order valence-corrected chi connectivity index (χ3v) is 19.9. The van der Waals surface area contributed by atoms with Crippen molar-refractivity contribution in [1.29, 1.82) is 0 Å². The molecule has 4 atom stereocenters. The van der Waals surface area contributed by atoms with Crippen molar-refractivity contribution in [3.05, 3.63) is 85.1 Å². The van der Waals surface area contributed by atoms with Gasteiger partial charge in [0.05, 0.1) is 35.0 Å². The van der Waals surface area contributed by atoms with Crippen molar-refractivity contribution in [2.24, 2.45) is 0 Å². The molecule has 0 aromatic heterocycles. The molecule has 0 aromatic rings. The Morgan fingerprint density at radius 2 is 0.523 bits per heavy atom. The molecule has 0 saturated carbocycles. The highest BCUT2D eigenvalue weighted by Crippen LogP contribution is 2.20. The lowest BCUT2D eigenvalue weighted by atomic mass is 10.2. The summed E-state index contributed by atoms with van der Waals surface area (Å²) in [7, 11) is 4.93. The quantitative estimate of drug-likeness (QED) is 0.0292. The number of hydrogen-bond acceptors (Lipinski definition) is 28. The Morgan fingerprint density at radius 1 is 0.285 bits per heavy atom. The molecular formula is C88H131N11O31. The molecule has 724 valence electrons. The smallest absolute Gasteiger partial charge is 0.332 e. The van der Waals surface area contributed by atoms with Crippen LogP contribution in [0.15, 0.2) is 85.1 Å². The SMILES string of the molecule is CC(NC(=O)C=CC(=O)O)N1CCCCCC1=O.CC(OC(=O)C=CC(=O)O)N1CCCCCC1=O.COC(=O)C=CC(=O)NC(C)N1CCCCCC1=O.COC(=O)C=CC(=O)NCCN1CCCCCC1=O.COC(=O)C=CC(=O)OC(C)N1CCCCCC1=O.COC(=O)C=CC(=O)OCCN1CCCCCC1=O.O=C(O)C=CC(=O)NCCN1CCCCCC1=O. The van der Waals surface area contributed by atoms with Crippen molar-refractivity contribution in [2.75, 3.05) is 114 Å². The monoisotopic (exact) mass is 1840 g/mol. The molecule has 0 spiro atoms. The number of esters is 7. The van der Waals surface area contributed by atoms with Crippen LogP contribution in [0, 0.1) is 0 Å². The fourth-order valence-corrected chi connectivity index (χ4v) is 12.9. The first kappa shape index (κ1) is 115. The molecule has 7 saturated heterocycles. The number of nitrogens with one attached hydrogen (secondary N) is 4. The Labute approximate surface area is 757 Å². The van der Waals surface area contributed by atoms with Gasteiger partial charge in [-0.1, -0.05) is 44.9 Å². The van der Waals surface area contributed by atoms with Gasteiger partial charge < -0.3 is 104 Å². The van der Waals surface area contributed by atoms with Gasteiger partial charge in [0.15, 0.2) is 12.5 Å². The molecule has 7 heterocycles. The molecule has 0 aliphatic carbocycles. The average Bonchev–Trinajstić information content (AvgIpc) is 1.76. The first-order valence-corrected chi connectivity index (χ1v) is 43.5. The van der Waals surface area contributed by atoms with E-state index in [-0.39, 0.29) is 60.0 Å². The molecule has 7 aliphatic rings. The second-order valence-electron chi connectivity index (χ2n) is 29.8. The third-order valence-electron chi connectivity index (χ3n) is 19.9. The number of aliphatic carboxylic acids is 3. The number of ether oxygens (including phenoxy) is 7. The van der Waals surface area contributed by atoms with Crippen molar-refractivity contribution in [3.8, 4) is 0 Å². The van der Waals surface area contributed by atoms with Gasteiger partial charge in [-0.25, -0.2) is 47.9 Å². The Bertz CT molecular complexity index is 3740. The summed E-state index contributed by atoms with van der Waals surface area (Å²) in [5.41, 5.74) is 0. The summed E-state index contributed by atoms with van der Waals surface area (Å²) in [5.74, 6) is -9.33. The Morgan fingerprint density at radius 3 is 0.846 bits per heavy atom. The van der Waals surface area contributed by atoms with Crippen LogP contribution in [0.2, 0.25) is 0 Å². The molecular weight excluding hydrogens is 1710 g/mol. The Balaban J connectivity index is 0.000000758. The maximum absolute atomic E-state index is 11.8. The normalized spacial score (nSPS) is 17.4. The number of carbonyl (C=O) groups excluding carboxylic acids is 18. The minimum Gasteiger partial charge on any atom is -0.478 e. The van der Waals surface area contributed by atoms with Crippen molar-refractivity contribution >= 4 is 125 Å². The van der Waals surface area contributed by atoms with Gasteiger partial charge in [-0.2, -0.15) is 0 Å². The van der Waals surface area contributed by atoms with Crippen LogP contribution in [0.4, 0.5) is 0 Å². The summed E-state index contributed by atoms with van der Waals surface area (Å²) in [5, 5.41) is 35.5. The Hall–Kier alpha value is -13.0. The third kappa shape index (κ3) is 55.6. The van der Waals surface area contributed by atoms with E-state index in [0.717, 1.165) is 227 Å². The van der Waals surface area contributed by atoms with E-state index in [1.54, 1.807) is 57.1 Å². The van der Waals surface area contributed by atoms with Gasteiger partial charge in [-0.15, -0.1) is 0 Å². The first-order chi connectivity index (χ1) is 61.9. The summed E-state index contributed by atoms with van der Waals surface area (Å²) >= 11 is 0. The molecule has 11 amide bonds. The van der Waals surface area contributed by atoms with Crippen molar-refractivity contribution in [1.82, 2.24) is 55.6 Å². The molecule has 42 nitrogen and oxygen atoms in total. The number of carboxylic acids is 3. The van der Waals surface area contributed by atoms with E-state index >= 15 is 0 Å². The lowest BCUT2D eigenvalue weighted by Crippen LogP contribution is -2.48. The number of nitrogens with zero attached hydrogens (tertiary/aromatic N) is 7. The molecule has 0 aromatic carbocycles. The number of methoxy groups -OCH3 is 4. The largest absolute Gasteiger partial charge is 0.478 e. The Kier molecular flexibility index (Phi) is 61.2. The van der Waals surface area contributed by atoms with E-state index in [0.29, 0.717) is 116 Å². The van der Waals surface area contributed by atoms with Crippen LogP contribution in [0.25, 0.3) is 0 Å². The van der Waals surface area contributed by atoms with E-state index in [1.165, 1.54) is 33.3 Å². The average molecular weight is 1840 g/mol. The van der Waals surface area contributed by atoms with Gasteiger partial charge in [-0.3, -0.25) is 52.7 Å². The standard InChI is InChI=1S/2C13H20N2O4.2C13H19NO5.2C12H18N2O4.C12H17NO5/c1-10(14-11(16)7-8-13(18)19-2)15-9-5-3-4-6-12(15)17;1-19-13(18)7-6-11(16)14-8-10-15-9-4-2-3-5-12(15)17;1-10(14-9-5-3-4-6-11(14)15)19-13(17)8-7-12(16)18-2;1-18-12(16)6-7-13(17)19-10-9-14-8-4-2-3-5-11(14)15;1-9(13-10(15)6-7-12(17)18)14-8-4-2-3-5-11(14)16;15-10(5-6-12(17)18)13-7-9-14-8-3-1-2-4-11(14)16;1-9(18-12(17)7-6-11(15)16)13-8-4-2-3-5-10(13)14/h7-8,10H,3-6,9H2,1-2H3,(H,14,16);6-7H,2-5,8-10H2,1H3,(H,14,16);7-8,10H,3-6,9H2,1-2H3;6-7H,2-5,8-10H2,1H3;6-7,9H,2-5,8H2,1H3,(H,13,15)(H,17,18);5-6H,1-4,7-9H2,(H,13,15)(H,17,18);6-7,9H,2-5,8H2,1H3,(H,15,16). The maximum Gasteiger partial charge on any atom is 0.332 e. The predicted molar refractivity (Wildman–Crippen MR) is 464 cm³/mol. The second kappa shape index (κ2) is 69.1. The van der Waals surface area contributed by atoms with E-state index in [9.17, 15) is 101 Å². The minimum absolute atomic E-state index is 0.00486. The number of hydrogen-bond donors (Lipinski definition) is 7. The van der Waals surface area contributed by atoms with E-state index in [2.05, 4.69) is 40.2 Å². The highest BCUT2D eigenvalue weighted by molar-refractivity contribution is 5.98. The molecule has 7 fully saturated rings. The van der Waals surface area contributed by atoms with Crippen LogP contribution in [-0.4, -0.2) is 313 Å². The molecule has 7 aliphatic heterocycles. The van der Waals surface area contributed by atoms with Crippen LogP contribution in [0.1, 0.15) is 207 Å². The zero-order valence-electron chi connectivity index (χ0n) is 75.8. The molecule has 0 bridgehead atoms. The van der Waals surface area contributed by atoms with Gasteiger partial charge in [0.2, 0.25) is 65.0 Å². The molecule has 7 rings (SSSR count). The van der Waals surface area contributed by atoms with Crippen molar-refractivity contribution < 1.29 is 149 Å². The van der Waals surface area contributed by atoms with E-state index in [1.807, 2.05) is 0 Å². The van der Waals surface area contributed by atoms with Gasteiger partial charge in [0.25, 0.3) is 0 Å². The molecule has 42 heteroatoms. The maximum atomic E-state index is 11.8. The number of amides is 11. The summed E-state index contributed by atoms with van der Waals surface area (Å²) in [6, 6.07) is 0. The molecule has 7 N–H and O–H groups in total. The van der Waals surface area contributed by atoms with Crippen molar-refractivity contribution in [2.45, 2.75) is 232 Å². The lowest BCUT2D eigenvalue weighted by molar-refractivity contribution is -0.160. The zero-order valence-corrected chi connectivity index (χ0v) is 75.8. The lowest BCUT2D eigenvalue weighted by Gasteiger charge is -2.28. The zero-order chi connectivity index (χ0) is 97.1. The number of carboxylic acid groups (broad SMARTS) is 3. The molecule has 0 radical (unpaired) electrons. The van der Waals surface area contributed by atoms with Gasteiger partial charge in [-0.05, 0) is 118 Å². The van der Waals surface area contributed by atoms with Crippen LogP contribution in [-0.2, 0) is 134 Å². The topological polar surface area (TPSA) is 555 Å². The van der Waals surface area contributed by atoms with Gasteiger partial charge in [0, 0.05) is 202 Å². The molecule has 4 unspecified atom stereocenters. The summed E-state index contributed by atoms with van der Waals surface area (Å²) in [4.78, 5) is 247. The van der Waals surface area contributed by atoms with Crippen molar-refractivity contribution in [3.63, 3.8) is 0 Å². The molecule has 130 heavy (non-hydrogen) atoms. The highest BCUT2D eigenvalue weighted by atomic mass is 16.6. The fraction of sp³-hybridized carbons (Fsp3) is 0.602. The summed E-state index contributed by atoms with van der Waals surface area (Å²) < 4.78 is 32.4. The fourth-order valence-electron chi connectivity index (χ4n) is 12.9. The highest BCUT2D eigenvalue weighted by Gasteiger charge is 2.29. The van der Waals surface area contributed by atoms with Gasteiger partial charge >= 0.3 is 59.7 Å². The minimum atomic E-state index is -1.22. The summed E-state index contributed by atoms with van der Waals surface area (Å²) in [6.07, 6.45) is 35.2. The van der Waals surface area contributed by atoms with Crippen LogP contribution >= 0.6 is 0 Å². The first-order valence-electron chi connectivity index (χ1n) is 43.5. The number of carbonyl (C=O) groups is 21. The second-order valence-corrected chi connectivity index (χ2v) is 29.8. The predicted octanol–water partition coefficient (Wildman–Crippen LogP) is 4.04. The van der Waals surface area contributed by atoms with E-state index < -0.39 is 96.0 Å². The van der Waals surface area contributed by atoms with Crippen LogP contribution < -0.4 is 21.3 Å². The number of rotatable bonds is 31. The number of likely N-dealkylation sites (tertiary alicyclic amines) is 7. The van der Waals surface area contributed by atoms with Crippen LogP contribution in [0.5, 0.6) is 0 Å². The van der Waals surface area contributed by atoms with E-state index in [4.69, 9.17) is 29.5 Å². The van der Waals surface area contributed by atoms with Crippen LogP contribution in [0.3, 0.4) is 0 Å². The van der Waals surface area contributed by atoms with Gasteiger partial charge in [0.1, 0.15) is 18.9 Å².